The normalized spacial score (nSPS) is 13.3. The van der Waals surface area contributed by atoms with Gasteiger partial charge < -0.3 is 15.5 Å². The largest absolute Gasteiger partial charge is 0.467 e. The van der Waals surface area contributed by atoms with E-state index < -0.39 is 0 Å². The number of carbonyl (C=O) groups excluding carboxylic acids is 1. The van der Waals surface area contributed by atoms with E-state index >= 15 is 0 Å². The number of nitrogens with zero attached hydrogens (tertiary/aromatic N) is 4. The van der Waals surface area contributed by atoms with Gasteiger partial charge in [-0.05, 0) is 41.5 Å². The Bertz CT molecular complexity index is 886. The van der Waals surface area contributed by atoms with E-state index in [1.54, 1.807) is 6.07 Å². The third-order valence-corrected chi connectivity index (χ3v) is 3.88. The van der Waals surface area contributed by atoms with Crippen molar-refractivity contribution < 1.29 is 9.21 Å². The lowest BCUT2D eigenvalue weighted by Crippen LogP contribution is -2.11. The summed E-state index contributed by atoms with van der Waals surface area (Å²) >= 11 is 0. The number of furan rings is 1. The van der Waals surface area contributed by atoms with E-state index in [2.05, 4.69) is 20.8 Å². The third-order valence-electron chi connectivity index (χ3n) is 3.88. The minimum Gasteiger partial charge on any atom is -0.467 e. The highest BCUT2D eigenvalue weighted by molar-refractivity contribution is 6.04. The summed E-state index contributed by atoms with van der Waals surface area (Å²) < 4.78 is 7.03. The zero-order chi connectivity index (χ0) is 16.5. The van der Waals surface area contributed by atoms with Crippen molar-refractivity contribution in [1.29, 1.82) is 0 Å². The van der Waals surface area contributed by atoms with Crippen molar-refractivity contribution in [2.24, 2.45) is 5.73 Å². The molecule has 130 valence electrons. The van der Waals surface area contributed by atoms with Gasteiger partial charge in [0.1, 0.15) is 12.0 Å². The molecule has 2 heterocycles. The second kappa shape index (κ2) is 7.04. The van der Waals surface area contributed by atoms with E-state index in [4.69, 9.17) is 10.2 Å². The molecule has 3 aromatic rings. The fourth-order valence-electron chi connectivity index (χ4n) is 2.49. The van der Waals surface area contributed by atoms with Crippen molar-refractivity contribution in [3.05, 3.63) is 47.9 Å². The average Bonchev–Trinajstić information content (AvgIpc) is 3.14. The highest BCUT2D eigenvalue weighted by Gasteiger charge is 2.28. The lowest BCUT2D eigenvalue weighted by Gasteiger charge is -2.07. The Morgan fingerprint density at radius 2 is 2.20 bits per heavy atom. The summed E-state index contributed by atoms with van der Waals surface area (Å²) in [5.41, 5.74) is 7.45. The highest BCUT2D eigenvalue weighted by Crippen LogP contribution is 2.36. The van der Waals surface area contributed by atoms with Gasteiger partial charge in [-0.2, -0.15) is 0 Å². The van der Waals surface area contributed by atoms with E-state index in [-0.39, 0.29) is 24.9 Å². The van der Waals surface area contributed by atoms with Crippen LogP contribution in [0.4, 0.5) is 5.69 Å². The summed E-state index contributed by atoms with van der Waals surface area (Å²) in [6.07, 6.45) is 3.59. The molecule has 0 radical (unpaired) electrons. The van der Waals surface area contributed by atoms with Gasteiger partial charge in [-0.3, -0.25) is 4.79 Å². The Balaban J connectivity index is 0.00000182. The topological polar surface area (TPSA) is 112 Å². The van der Waals surface area contributed by atoms with Gasteiger partial charge >= 0.3 is 0 Å². The Hall–Kier alpha value is -2.71. The second-order valence-corrected chi connectivity index (χ2v) is 5.72. The molecule has 0 atom stereocenters. The van der Waals surface area contributed by atoms with Crippen LogP contribution in [0, 0.1) is 0 Å². The van der Waals surface area contributed by atoms with E-state index in [0.29, 0.717) is 28.9 Å². The van der Waals surface area contributed by atoms with Gasteiger partial charge in [0.2, 0.25) is 0 Å². The summed E-state index contributed by atoms with van der Waals surface area (Å²) in [5, 5.41) is 14.8. The first kappa shape index (κ1) is 17.1. The van der Waals surface area contributed by atoms with Gasteiger partial charge in [0.15, 0.2) is 5.82 Å². The number of tetrazole rings is 1. The lowest BCUT2D eigenvalue weighted by atomic mass is 10.2. The molecule has 0 saturated heterocycles. The average molecular weight is 361 g/mol. The number of nitrogens with two attached hydrogens (primary N) is 1. The van der Waals surface area contributed by atoms with Gasteiger partial charge in [-0.15, -0.1) is 17.5 Å². The van der Waals surface area contributed by atoms with Crippen LogP contribution in [0.3, 0.4) is 0 Å². The van der Waals surface area contributed by atoms with Crippen LogP contribution in [0.15, 0.2) is 41.0 Å². The summed E-state index contributed by atoms with van der Waals surface area (Å²) in [4.78, 5) is 12.3. The fourth-order valence-corrected chi connectivity index (χ4v) is 2.49. The molecule has 4 rings (SSSR count). The van der Waals surface area contributed by atoms with Crippen LogP contribution in [0.2, 0.25) is 0 Å². The van der Waals surface area contributed by atoms with E-state index in [0.717, 1.165) is 18.4 Å². The molecule has 25 heavy (non-hydrogen) atoms. The quantitative estimate of drug-likeness (QED) is 0.722. The molecule has 3 N–H and O–H groups in total. The van der Waals surface area contributed by atoms with Crippen molar-refractivity contribution in [2.75, 3.05) is 5.32 Å². The molecular formula is C16H17ClN6O2. The summed E-state index contributed by atoms with van der Waals surface area (Å²) in [6, 6.07) is 9.46. The maximum absolute atomic E-state index is 12.3. The van der Waals surface area contributed by atoms with Crippen LogP contribution < -0.4 is 11.1 Å². The molecule has 0 aliphatic heterocycles. The second-order valence-electron chi connectivity index (χ2n) is 5.72. The highest BCUT2D eigenvalue weighted by atomic mass is 35.5. The van der Waals surface area contributed by atoms with Crippen LogP contribution in [0.25, 0.3) is 11.4 Å². The molecule has 9 heteroatoms. The van der Waals surface area contributed by atoms with Gasteiger partial charge in [0, 0.05) is 11.3 Å². The van der Waals surface area contributed by atoms with Crippen molar-refractivity contribution in [3.63, 3.8) is 0 Å². The molecule has 8 nitrogen and oxygen atoms in total. The first-order chi connectivity index (χ1) is 11.7. The number of hydrogen-bond donors (Lipinski definition) is 2. The lowest BCUT2D eigenvalue weighted by molar-refractivity contribution is 0.102. The Morgan fingerprint density at radius 3 is 2.92 bits per heavy atom. The number of rotatable bonds is 5. The zero-order valence-corrected chi connectivity index (χ0v) is 14.1. The van der Waals surface area contributed by atoms with E-state index in [1.165, 1.54) is 6.26 Å². The minimum absolute atomic E-state index is 0. The van der Waals surface area contributed by atoms with Crippen LogP contribution in [0.5, 0.6) is 0 Å². The molecule has 1 fully saturated rings. The van der Waals surface area contributed by atoms with Crippen LogP contribution in [0.1, 0.15) is 35.0 Å². The number of nitrogens with one attached hydrogen (secondary N) is 1. The van der Waals surface area contributed by atoms with Gasteiger partial charge in [0.25, 0.3) is 5.91 Å². The molecule has 2 aromatic heterocycles. The van der Waals surface area contributed by atoms with Gasteiger partial charge in [-0.1, -0.05) is 12.1 Å². The SMILES string of the molecule is Cl.NCc1cc(C(=O)Nc2cccc(-c3nnnn3C3CC3)c2)co1. The number of aromatic nitrogens is 4. The fraction of sp³-hybridized carbons (Fsp3) is 0.250. The minimum atomic E-state index is -0.252. The van der Waals surface area contributed by atoms with Gasteiger partial charge in [-0.25, -0.2) is 4.68 Å². The van der Waals surface area contributed by atoms with Crippen molar-refractivity contribution in [1.82, 2.24) is 20.2 Å². The summed E-state index contributed by atoms with van der Waals surface area (Å²) in [5.74, 6) is 1.03. The Labute approximate surface area is 149 Å². The molecule has 0 unspecified atom stereocenters. The third kappa shape index (κ3) is 3.54. The molecule has 0 spiro atoms. The van der Waals surface area contributed by atoms with Crippen molar-refractivity contribution >= 4 is 24.0 Å². The Morgan fingerprint density at radius 1 is 1.36 bits per heavy atom. The zero-order valence-electron chi connectivity index (χ0n) is 13.3. The first-order valence-corrected chi connectivity index (χ1v) is 7.72. The van der Waals surface area contributed by atoms with Gasteiger partial charge in [0.05, 0.1) is 18.2 Å². The van der Waals surface area contributed by atoms with E-state index in [9.17, 15) is 4.79 Å². The number of halogens is 1. The van der Waals surface area contributed by atoms with Crippen molar-refractivity contribution in [3.8, 4) is 11.4 Å². The molecular weight excluding hydrogens is 344 g/mol. The summed E-state index contributed by atoms with van der Waals surface area (Å²) in [7, 11) is 0. The smallest absolute Gasteiger partial charge is 0.258 e. The number of hydrogen-bond acceptors (Lipinski definition) is 6. The molecule has 1 aliphatic rings. The Kier molecular flexibility index (Phi) is 4.82. The predicted molar refractivity (Wildman–Crippen MR) is 93.3 cm³/mol. The van der Waals surface area contributed by atoms with Crippen LogP contribution >= 0.6 is 12.4 Å². The standard InChI is InChI=1S/C16H16N6O2.ClH/c17-8-14-7-11(9-24-14)16(23)18-12-3-1-2-10(6-12)15-19-20-21-22(15)13-4-5-13;/h1-3,6-7,9,13H,4-5,8,17H2,(H,18,23);1H. The predicted octanol–water partition coefficient (Wildman–Crippen LogP) is 2.40. The van der Waals surface area contributed by atoms with Crippen LogP contribution in [-0.4, -0.2) is 26.1 Å². The molecule has 1 amide bonds. The molecule has 1 aliphatic carbocycles. The monoisotopic (exact) mass is 360 g/mol. The van der Waals surface area contributed by atoms with E-state index in [1.807, 2.05) is 28.9 Å². The maximum Gasteiger partial charge on any atom is 0.258 e. The summed E-state index contributed by atoms with van der Waals surface area (Å²) in [6.45, 7) is 0.257. The molecule has 1 aromatic carbocycles. The maximum atomic E-state index is 12.3. The number of carbonyl (C=O) groups is 1. The first-order valence-electron chi connectivity index (χ1n) is 7.72. The number of amides is 1. The number of benzene rings is 1. The van der Waals surface area contributed by atoms with Crippen LogP contribution in [-0.2, 0) is 6.54 Å². The molecule has 1 saturated carbocycles. The molecule has 0 bridgehead atoms. The van der Waals surface area contributed by atoms with Crippen molar-refractivity contribution in [2.45, 2.75) is 25.4 Å². The number of anilines is 1.